The zero-order valence-corrected chi connectivity index (χ0v) is 18.2. The number of ketones is 1. The number of methoxy groups -OCH3 is 2. The zero-order valence-electron chi connectivity index (χ0n) is 18.2. The Morgan fingerprint density at radius 2 is 1.31 bits per heavy atom. The summed E-state index contributed by atoms with van der Waals surface area (Å²) in [6.45, 7) is 0. The lowest BCUT2D eigenvalue weighted by molar-refractivity contribution is -0.145. The van der Waals surface area contributed by atoms with Crippen LogP contribution in [0.1, 0.15) is 40.0 Å². The van der Waals surface area contributed by atoms with E-state index in [1.54, 1.807) is 66.7 Å². The Morgan fingerprint density at radius 3 is 1.88 bits per heavy atom. The molecule has 1 amide bonds. The van der Waals surface area contributed by atoms with Crippen LogP contribution < -0.4 is 5.32 Å². The Labute approximate surface area is 187 Å². The molecule has 0 bridgehead atoms. The number of hydrogen-bond donors (Lipinski definition) is 1. The maximum Gasteiger partial charge on any atom is 0.328 e. The Hall–Kier alpha value is -3.74. The van der Waals surface area contributed by atoms with Gasteiger partial charge in [-0.1, -0.05) is 60.7 Å². The van der Waals surface area contributed by atoms with Gasteiger partial charge in [0.1, 0.15) is 6.04 Å². The summed E-state index contributed by atoms with van der Waals surface area (Å²) in [5, 5.41) is 2.65. The molecule has 0 radical (unpaired) electrons. The number of rotatable bonds is 11. The standard InChI is InChI=1S/C25H27NO6/c1-31-24(29)20(17-22(27)18-11-5-3-6-12-18)15-9-10-16-21(25(30)32-2)26-23(28)19-13-7-4-8-14-19/h3-14,20-21H,15-17H2,1-2H3,(H,26,28)/t20?,21-/m0/s1. The molecule has 0 spiro atoms. The van der Waals surface area contributed by atoms with Gasteiger partial charge in [0, 0.05) is 17.5 Å². The van der Waals surface area contributed by atoms with Crippen LogP contribution in [0.5, 0.6) is 0 Å². The van der Waals surface area contributed by atoms with Crippen molar-refractivity contribution >= 4 is 23.6 Å². The number of ether oxygens (including phenoxy) is 2. The van der Waals surface area contributed by atoms with Crippen molar-refractivity contribution < 1.29 is 28.7 Å². The average molecular weight is 437 g/mol. The van der Waals surface area contributed by atoms with Crippen molar-refractivity contribution in [2.75, 3.05) is 14.2 Å². The van der Waals surface area contributed by atoms with E-state index in [1.165, 1.54) is 14.2 Å². The molecular weight excluding hydrogens is 410 g/mol. The summed E-state index contributed by atoms with van der Waals surface area (Å²) in [5.41, 5.74) is 0.954. The highest BCUT2D eigenvalue weighted by atomic mass is 16.5. The first-order chi connectivity index (χ1) is 15.5. The molecule has 7 nitrogen and oxygen atoms in total. The van der Waals surface area contributed by atoms with Gasteiger partial charge >= 0.3 is 11.9 Å². The summed E-state index contributed by atoms with van der Waals surface area (Å²) in [6, 6.07) is 16.4. The second-order valence-corrected chi connectivity index (χ2v) is 7.07. The number of benzene rings is 2. The number of amides is 1. The molecule has 0 fully saturated rings. The molecule has 0 aliphatic heterocycles. The smallest absolute Gasteiger partial charge is 0.328 e. The molecular formula is C25H27NO6. The molecule has 32 heavy (non-hydrogen) atoms. The topological polar surface area (TPSA) is 98.8 Å². The van der Waals surface area contributed by atoms with E-state index in [-0.39, 0.29) is 25.0 Å². The number of carbonyl (C=O) groups is 4. The molecule has 1 unspecified atom stereocenters. The molecule has 0 heterocycles. The Morgan fingerprint density at radius 1 is 0.781 bits per heavy atom. The molecule has 2 atom stereocenters. The van der Waals surface area contributed by atoms with Crippen molar-refractivity contribution in [1.29, 1.82) is 0 Å². The molecule has 0 aromatic heterocycles. The van der Waals surface area contributed by atoms with Crippen LogP contribution in [0.4, 0.5) is 0 Å². The summed E-state index contributed by atoms with van der Waals surface area (Å²) < 4.78 is 9.61. The number of hydrogen-bond acceptors (Lipinski definition) is 6. The van der Waals surface area contributed by atoms with E-state index in [0.717, 1.165) is 0 Å². The molecule has 2 rings (SSSR count). The van der Waals surface area contributed by atoms with Crippen LogP contribution in [0, 0.1) is 5.92 Å². The summed E-state index contributed by atoms with van der Waals surface area (Å²) in [7, 11) is 2.52. The monoisotopic (exact) mass is 437 g/mol. The van der Waals surface area contributed by atoms with Gasteiger partial charge in [0.15, 0.2) is 5.78 Å². The number of esters is 2. The molecule has 2 aromatic carbocycles. The van der Waals surface area contributed by atoms with Gasteiger partial charge in [-0.15, -0.1) is 0 Å². The van der Waals surface area contributed by atoms with Crippen molar-refractivity contribution in [3.63, 3.8) is 0 Å². The third-order valence-corrected chi connectivity index (χ3v) is 4.85. The van der Waals surface area contributed by atoms with E-state index in [0.29, 0.717) is 11.1 Å². The summed E-state index contributed by atoms with van der Waals surface area (Å²) in [5.74, 6) is -2.27. The van der Waals surface area contributed by atoms with Gasteiger partial charge in [-0.05, 0) is 25.0 Å². The van der Waals surface area contributed by atoms with Gasteiger partial charge in [-0.25, -0.2) is 4.79 Å². The molecule has 168 valence electrons. The first kappa shape index (κ1) is 24.5. The van der Waals surface area contributed by atoms with E-state index in [4.69, 9.17) is 9.47 Å². The van der Waals surface area contributed by atoms with Crippen molar-refractivity contribution in [2.45, 2.75) is 25.3 Å². The highest BCUT2D eigenvalue weighted by Gasteiger charge is 2.23. The minimum absolute atomic E-state index is 0.00615. The number of nitrogens with one attached hydrogen (secondary N) is 1. The Kier molecular flexibility index (Phi) is 9.84. The van der Waals surface area contributed by atoms with E-state index in [2.05, 4.69) is 5.32 Å². The van der Waals surface area contributed by atoms with Gasteiger partial charge in [-0.3, -0.25) is 14.4 Å². The van der Waals surface area contributed by atoms with Crippen LogP contribution in [0.15, 0.2) is 72.8 Å². The molecule has 0 saturated heterocycles. The highest BCUT2D eigenvalue weighted by Crippen LogP contribution is 2.16. The second-order valence-electron chi connectivity index (χ2n) is 7.07. The normalized spacial score (nSPS) is 12.6. The van der Waals surface area contributed by atoms with Crippen LogP contribution in [-0.4, -0.2) is 43.9 Å². The summed E-state index contributed by atoms with van der Waals surface area (Å²) >= 11 is 0. The largest absolute Gasteiger partial charge is 0.469 e. The zero-order chi connectivity index (χ0) is 23.3. The molecule has 0 aliphatic rings. The lowest BCUT2D eigenvalue weighted by atomic mass is 9.95. The minimum atomic E-state index is -0.883. The minimum Gasteiger partial charge on any atom is -0.469 e. The summed E-state index contributed by atoms with van der Waals surface area (Å²) in [4.78, 5) is 49.0. The van der Waals surface area contributed by atoms with Crippen LogP contribution in [-0.2, 0) is 19.1 Å². The van der Waals surface area contributed by atoms with Crippen LogP contribution in [0.2, 0.25) is 0 Å². The highest BCUT2D eigenvalue weighted by molar-refractivity contribution is 5.98. The maximum absolute atomic E-state index is 12.5. The first-order valence-corrected chi connectivity index (χ1v) is 10.2. The third-order valence-electron chi connectivity index (χ3n) is 4.85. The molecule has 1 N–H and O–H groups in total. The molecule has 0 saturated carbocycles. The van der Waals surface area contributed by atoms with Crippen molar-refractivity contribution in [3.05, 3.63) is 83.9 Å². The van der Waals surface area contributed by atoms with E-state index < -0.39 is 29.8 Å². The molecule has 0 aliphatic carbocycles. The van der Waals surface area contributed by atoms with Crippen LogP contribution in [0.25, 0.3) is 0 Å². The Balaban J connectivity index is 1.99. The maximum atomic E-state index is 12.5. The number of carbonyl (C=O) groups excluding carboxylic acids is 4. The fourth-order valence-corrected chi connectivity index (χ4v) is 3.08. The fourth-order valence-electron chi connectivity index (χ4n) is 3.08. The van der Waals surface area contributed by atoms with Gasteiger partial charge in [0.05, 0.1) is 20.1 Å². The van der Waals surface area contributed by atoms with Crippen molar-refractivity contribution in [3.8, 4) is 0 Å². The lowest BCUT2D eigenvalue weighted by Gasteiger charge is -2.15. The van der Waals surface area contributed by atoms with Gasteiger partial charge in [0.2, 0.25) is 0 Å². The van der Waals surface area contributed by atoms with E-state index in [1.807, 2.05) is 6.07 Å². The summed E-state index contributed by atoms with van der Waals surface area (Å²) in [6.07, 6.45) is 3.81. The van der Waals surface area contributed by atoms with Crippen molar-refractivity contribution in [1.82, 2.24) is 5.32 Å². The van der Waals surface area contributed by atoms with Gasteiger partial charge in [-0.2, -0.15) is 0 Å². The Bertz CT molecular complexity index is 862. The molecule has 2 aromatic rings. The van der Waals surface area contributed by atoms with E-state index >= 15 is 0 Å². The second kappa shape index (κ2) is 12.8. The average Bonchev–Trinajstić information content (AvgIpc) is 2.84. The molecule has 7 heteroatoms. The first-order valence-electron chi connectivity index (χ1n) is 10.2. The van der Waals surface area contributed by atoms with Gasteiger partial charge < -0.3 is 14.8 Å². The SMILES string of the molecule is COC(=O)C(CC=CC[C@H](NC(=O)c1ccccc1)C(=O)OC)CC(=O)c1ccccc1. The lowest BCUT2D eigenvalue weighted by Crippen LogP contribution is -2.41. The predicted molar refractivity (Wildman–Crippen MR) is 119 cm³/mol. The van der Waals surface area contributed by atoms with Crippen LogP contribution >= 0.6 is 0 Å². The van der Waals surface area contributed by atoms with E-state index in [9.17, 15) is 19.2 Å². The number of Topliss-reactive ketones (excluding diaryl/α,β-unsaturated/α-hetero) is 1. The fraction of sp³-hybridized carbons (Fsp3) is 0.280. The predicted octanol–water partition coefficient (Wildman–Crippen LogP) is 3.36. The quantitative estimate of drug-likeness (QED) is 0.329. The van der Waals surface area contributed by atoms with Gasteiger partial charge in [0.25, 0.3) is 5.91 Å². The number of allylic oxidation sites excluding steroid dienone is 1. The van der Waals surface area contributed by atoms with Crippen LogP contribution in [0.3, 0.4) is 0 Å². The van der Waals surface area contributed by atoms with Crippen molar-refractivity contribution in [2.24, 2.45) is 5.92 Å². The third kappa shape index (κ3) is 7.50.